The van der Waals surface area contributed by atoms with Crippen LogP contribution in [0.15, 0.2) is 42.5 Å². The molecule has 1 saturated heterocycles. The number of phenols is 1. The van der Waals surface area contributed by atoms with Gasteiger partial charge in [-0.1, -0.05) is 23.7 Å². The molecule has 3 N–H and O–H groups in total. The monoisotopic (exact) mass is 292 g/mol. The molecule has 3 nitrogen and oxygen atoms in total. The Bertz CT molecular complexity index is 618. The lowest BCUT2D eigenvalue weighted by atomic mass is 9.97. The van der Waals surface area contributed by atoms with E-state index in [-0.39, 0.29) is 23.7 Å². The third-order valence-electron chi connectivity index (χ3n) is 3.54. The molecular weight excluding hydrogens is 279 g/mol. The number of aromatic hydroxyl groups is 1. The van der Waals surface area contributed by atoms with Gasteiger partial charge in [0.2, 0.25) is 0 Å². The first-order chi connectivity index (χ1) is 9.63. The molecule has 0 saturated carbocycles. The maximum atomic E-state index is 12.9. The Kier molecular flexibility index (Phi) is 3.61. The van der Waals surface area contributed by atoms with E-state index in [1.54, 1.807) is 30.3 Å². The number of hydrogen-bond donors (Lipinski definition) is 3. The first-order valence-corrected chi connectivity index (χ1v) is 6.76. The fraction of sp³-hybridized carbons (Fsp3) is 0.200. The summed E-state index contributed by atoms with van der Waals surface area (Å²) in [5, 5.41) is 10.5. The molecule has 1 fully saturated rings. The Hall–Kier alpha value is -1.62. The van der Waals surface area contributed by atoms with E-state index in [0.717, 1.165) is 17.5 Å². The Labute approximate surface area is 121 Å². The van der Waals surface area contributed by atoms with E-state index < -0.39 is 0 Å². The standard InChI is InChI=1S/C15H14ClFN2O/c16-10-3-6-15(20)12(7-10)14-8-13(18-19-14)9-1-4-11(17)5-2-9/h1-7,13-14,18-20H,8H2. The summed E-state index contributed by atoms with van der Waals surface area (Å²) >= 11 is 5.97. The molecule has 0 spiro atoms. The van der Waals surface area contributed by atoms with E-state index in [1.165, 1.54) is 12.1 Å². The van der Waals surface area contributed by atoms with Crippen molar-refractivity contribution in [2.75, 3.05) is 0 Å². The van der Waals surface area contributed by atoms with Gasteiger partial charge in [-0.3, -0.25) is 0 Å². The highest BCUT2D eigenvalue weighted by atomic mass is 35.5. The van der Waals surface area contributed by atoms with Gasteiger partial charge in [0.1, 0.15) is 11.6 Å². The predicted molar refractivity (Wildman–Crippen MR) is 75.9 cm³/mol. The van der Waals surface area contributed by atoms with Gasteiger partial charge < -0.3 is 5.11 Å². The third-order valence-corrected chi connectivity index (χ3v) is 3.78. The molecule has 104 valence electrons. The van der Waals surface area contributed by atoms with Crippen LogP contribution in [-0.2, 0) is 0 Å². The van der Waals surface area contributed by atoms with E-state index in [0.29, 0.717) is 5.02 Å². The second-order valence-electron chi connectivity index (χ2n) is 4.88. The van der Waals surface area contributed by atoms with Gasteiger partial charge in [-0.25, -0.2) is 15.2 Å². The predicted octanol–water partition coefficient (Wildman–Crippen LogP) is 3.47. The minimum Gasteiger partial charge on any atom is -0.508 e. The van der Waals surface area contributed by atoms with Crippen molar-refractivity contribution < 1.29 is 9.50 Å². The summed E-state index contributed by atoms with van der Waals surface area (Å²) < 4.78 is 12.9. The maximum absolute atomic E-state index is 12.9. The summed E-state index contributed by atoms with van der Waals surface area (Å²) in [6.07, 6.45) is 0.750. The molecule has 0 radical (unpaired) electrons. The van der Waals surface area contributed by atoms with Crippen LogP contribution in [0, 0.1) is 5.82 Å². The van der Waals surface area contributed by atoms with Gasteiger partial charge >= 0.3 is 0 Å². The number of hydrazine groups is 1. The minimum absolute atomic E-state index is 0.0382. The smallest absolute Gasteiger partial charge is 0.123 e. The van der Waals surface area contributed by atoms with Crippen LogP contribution < -0.4 is 10.9 Å². The zero-order valence-electron chi connectivity index (χ0n) is 10.6. The lowest BCUT2D eigenvalue weighted by Crippen LogP contribution is -2.26. The number of phenolic OH excluding ortho intramolecular Hbond substituents is 1. The van der Waals surface area contributed by atoms with Crippen molar-refractivity contribution in [3.63, 3.8) is 0 Å². The van der Waals surface area contributed by atoms with Gasteiger partial charge in [0.05, 0.1) is 6.04 Å². The topological polar surface area (TPSA) is 44.3 Å². The summed E-state index contributed by atoms with van der Waals surface area (Å²) in [4.78, 5) is 0. The van der Waals surface area contributed by atoms with Crippen LogP contribution in [-0.4, -0.2) is 5.11 Å². The van der Waals surface area contributed by atoms with Crippen LogP contribution in [0.1, 0.15) is 29.6 Å². The van der Waals surface area contributed by atoms with Crippen LogP contribution >= 0.6 is 11.6 Å². The highest BCUT2D eigenvalue weighted by Crippen LogP contribution is 2.35. The van der Waals surface area contributed by atoms with E-state index in [9.17, 15) is 9.50 Å². The molecule has 0 amide bonds. The zero-order chi connectivity index (χ0) is 14.1. The second-order valence-corrected chi connectivity index (χ2v) is 5.32. The summed E-state index contributed by atoms with van der Waals surface area (Å²) in [6.45, 7) is 0. The SMILES string of the molecule is Oc1ccc(Cl)cc1C1CC(c2ccc(F)cc2)NN1. The molecule has 20 heavy (non-hydrogen) atoms. The van der Waals surface area contributed by atoms with Crippen molar-refractivity contribution in [1.82, 2.24) is 10.9 Å². The Morgan fingerprint density at radius 2 is 1.75 bits per heavy atom. The van der Waals surface area contributed by atoms with Gasteiger partial charge in [0.25, 0.3) is 0 Å². The molecule has 1 aliphatic heterocycles. The van der Waals surface area contributed by atoms with Gasteiger partial charge in [0.15, 0.2) is 0 Å². The van der Waals surface area contributed by atoms with Crippen molar-refractivity contribution in [2.45, 2.75) is 18.5 Å². The molecule has 1 heterocycles. The average molecular weight is 293 g/mol. The van der Waals surface area contributed by atoms with Crippen molar-refractivity contribution in [1.29, 1.82) is 0 Å². The van der Waals surface area contributed by atoms with Crippen molar-refractivity contribution in [3.8, 4) is 5.75 Å². The van der Waals surface area contributed by atoms with Crippen LogP contribution in [0.25, 0.3) is 0 Å². The van der Waals surface area contributed by atoms with Crippen molar-refractivity contribution >= 4 is 11.6 Å². The number of hydrogen-bond acceptors (Lipinski definition) is 3. The quantitative estimate of drug-likeness (QED) is 0.794. The van der Waals surface area contributed by atoms with E-state index >= 15 is 0 Å². The molecule has 2 aromatic carbocycles. The van der Waals surface area contributed by atoms with E-state index in [4.69, 9.17) is 11.6 Å². The third kappa shape index (κ3) is 2.63. The van der Waals surface area contributed by atoms with Crippen molar-refractivity contribution in [2.24, 2.45) is 0 Å². The zero-order valence-corrected chi connectivity index (χ0v) is 11.4. The summed E-state index contributed by atoms with van der Waals surface area (Å²) in [5.74, 6) is -0.0304. The number of nitrogens with one attached hydrogen (secondary N) is 2. The molecule has 0 aliphatic carbocycles. The minimum atomic E-state index is -0.247. The molecule has 1 aliphatic rings. The number of rotatable bonds is 2. The van der Waals surface area contributed by atoms with Gasteiger partial charge in [-0.2, -0.15) is 0 Å². The lowest BCUT2D eigenvalue weighted by Gasteiger charge is -2.12. The first kappa shape index (κ1) is 13.4. The normalized spacial score (nSPS) is 22.1. The fourth-order valence-corrected chi connectivity index (χ4v) is 2.66. The van der Waals surface area contributed by atoms with Crippen LogP contribution in [0.3, 0.4) is 0 Å². The molecule has 2 atom stereocenters. The fourth-order valence-electron chi connectivity index (χ4n) is 2.48. The van der Waals surface area contributed by atoms with Crippen LogP contribution in [0.5, 0.6) is 5.75 Å². The van der Waals surface area contributed by atoms with E-state index in [1.807, 2.05) is 0 Å². The number of benzene rings is 2. The molecule has 2 aromatic rings. The second kappa shape index (κ2) is 5.40. The largest absolute Gasteiger partial charge is 0.508 e. The van der Waals surface area contributed by atoms with Crippen molar-refractivity contribution in [3.05, 3.63) is 64.4 Å². The van der Waals surface area contributed by atoms with Crippen LogP contribution in [0.2, 0.25) is 5.02 Å². The first-order valence-electron chi connectivity index (χ1n) is 6.38. The highest BCUT2D eigenvalue weighted by Gasteiger charge is 2.27. The van der Waals surface area contributed by atoms with Gasteiger partial charge in [-0.15, -0.1) is 0 Å². The molecule has 0 bridgehead atoms. The lowest BCUT2D eigenvalue weighted by molar-refractivity contribution is 0.453. The van der Waals surface area contributed by atoms with Gasteiger partial charge in [-0.05, 0) is 42.3 Å². The maximum Gasteiger partial charge on any atom is 0.123 e. The molecule has 0 aromatic heterocycles. The van der Waals surface area contributed by atoms with Crippen LogP contribution in [0.4, 0.5) is 4.39 Å². The highest BCUT2D eigenvalue weighted by molar-refractivity contribution is 6.30. The summed E-state index contributed by atoms with van der Waals surface area (Å²) in [7, 11) is 0. The molecule has 5 heteroatoms. The Balaban J connectivity index is 1.79. The Morgan fingerprint density at radius 3 is 2.50 bits per heavy atom. The molecule has 2 unspecified atom stereocenters. The summed E-state index contributed by atoms with van der Waals surface area (Å²) in [6, 6.07) is 11.4. The summed E-state index contributed by atoms with van der Waals surface area (Å²) in [5.41, 5.74) is 8.06. The number of halogens is 2. The van der Waals surface area contributed by atoms with E-state index in [2.05, 4.69) is 10.9 Å². The Morgan fingerprint density at radius 1 is 1.05 bits per heavy atom. The molecule has 3 rings (SSSR count). The molecular formula is C15H14ClFN2O. The average Bonchev–Trinajstić information content (AvgIpc) is 2.92. The van der Waals surface area contributed by atoms with Gasteiger partial charge in [0, 0.05) is 16.6 Å².